The number of nitrogens with two attached hydrogens (primary N) is 1. The maximum Gasteiger partial charge on any atom is 0.271 e. The summed E-state index contributed by atoms with van der Waals surface area (Å²) in [7, 11) is 0. The van der Waals surface area contributed by atoms with Gasteiger partial charge in [0, 0.05) is 13.1 Å². The molecule has 7 heteroatoms. The Bertz CT molecular complexity index is 532. The zero-order chi connectivity index (χ0) is 16.0. The molecule has 0 radical (unpaired) electrons. The van der Waals surface area contributed by atoms with Crippen LogP contribution in [0.3, 0.4) is 0 Å². The molecule has 0 unspecified atom stereocenters. The lowest BCUT2D eigenvalue weighted by atomic mass is 9.93. The minimum atomic E-state index is -0.833. The number of amides is 2. The van der Waals surface area contributed by atoms with Gasteiger partial charge in [0.25, 0.3) is 5.91 Å². The van der Waals surface area contributed by atoms with Crippen LogP contribution < -0.4 is 16.4 Å². The summed E-state index contributed by atoms with van der Waals surface area (Å²) in [4.78, 5) is 27.5. The minimum absolute atomic E-state index is 0.117. The highest BCUT2D eigenvalue weighted by atomic mass is 35.5. The van der Waals surface area contributed by atoms with E-state index in [2.05, 4.69) is 15.6 Å². The fourth-order valence-corrected chi connectivity index (χ4v) is 1.62. The maximum atomic E-state index is 12.1. The molecular formula is C14H21ClN4O2. The topological polar surface area (TPSA) is 97.1 Å². The summed E-state index contributed by atoms with van der Waals surface area (Å²) >= 11 is 5.99. The van der Waals surface area contributed by atoms with E-state index in [9.17, 15) is 9.59 Å². The van der Waals surface area contributed by atoms with Gasteiger partial charge in [-0.15, -0.1) is 0 Å². The predicted octanol–water partition coefficient (Wildman–Crippen LogP) is 1.80. The van der Waals surface area contributed by atoms with Crippen LogP contribution in [0.2, 0.25) is 5.02 Å². The zero-order valence-electron chi connectivity index (χ0n) is 12.5. The summed E-state index contributed by atoms with van der Waals surface area (Å²) in [6, 6.07) is 3.32. The van der Waals surface area contributed by atoms with Crippen molar-refractivity contribution in [1.29, 1.82) is 0 Å². The molecule has 0 aliphatic rings. The van der Waals surface area contributed by atoms with E-state index in [1.807, 2.05) is 6.92 Å². The van der Waals surface area contributed by atoms with Gasteiger partial charge < -0.3 is 16.4 Å². The van der Waals surface area contributed by atoms with Gasteiger partial charge in [-0.2, -0.15) is 0 Å². The van der Waals surface area contributed by atoms with Gasteiger partial charge in [0.1, 0.15) is 11.5 Å². The molecule has 4 N–H and O–H groups in total. The van der Waals surface area contributed by atoms with Gasteiger partial charge in [-0.3, -0.25) is 9.59 Å². The third-order valence-corrected chi connectivity index (χ3v) is 3.28. The maximum absolute atomic E-state index is 12.1. The molecule has 0 bridgehead atoms. The summed E-state index contributed by atoms with van der Waals surface area (Å²) in [5, 5.41) is 5.97. The van der Waals surface area contributed by atoms with E-state index in [0.29, 0.717) is 5.82 Å². The van der Waals surface area contributed by atoms with Crippen molar-refractivity contribution in [2.75, 3.05) is 18.4 Å². The van der Waals surface area contributed by atoms with Crippen molar-refractivity contribution in [3.05, 3.63) is 22.8 Å². The van der Waals surface area contributed by atoms with Crippen molar-refractivity contribution in [2.24, 2.45) is 11.1 Å². The molecule has 1 aromatic rings. The average Bonchev–Trinajstić information content (AvgIpc) is 2.43. The van der Waals surface area contributed by atoms with Crippen LogP contribution in [0.4, 0.5) is 5.82 Å². The molecule has 116 valence electrons. The quantitative estimate of drug-likeness (QED) is 0.715. The standard InChI is InChI=1S/C14H21ClN4O2/c1-4-7-17-10-6-5-9(15)11(19-10)12(20)18-8-14(2,3)13(16)21/h5-6H,4,7-8H2,1-3H3,(H2,16,21)(H,17,19)(H,18,20). The highest BCUT2D eigenvalue weighted by Gasteiger charge is 2.26. The normalized spacial score (nSPS) is 11.0. The Hall–Kier alpha value is -1.82. The molecule has 0 saturated carbocycles. The molecule has 0 spiro atoms. The van der Waals surface area contributed by atoms with Crippen LogP contribution in [0, 0.1) is 5.41 Å². The van der Waals surface area contributed by atoms with Crippen LogP contribution >= 0.6 is 11.6 Å². The number of nitrogens with one attached hydrogen (secondary N) is 2. The largest absolute Gasteiger partial charge is 0.370 e. The van der Waals surface area contributed by atoms with Gasteiger partial charge in [0.15, 0.2) is 0 Å². The first kappa shape index (κ1) is 17.2. The molecule has 1 rings (SSSR count). The number of carbonyl (C=O) groups is 2. The van der Waals surface area contributed by atoms with Gasteiger partial charge in [-0.05, 0) is 32.4 Å². The van der Waals surface area contributed by atoms with Crippen LogP contribution in [0.1, 0.15) is 37.7 Å². The number of hydrogen-bond donors (Lipinski definition) is 3. The molecule has 0 aromatic carbocycles. The SMILES string of the molecule is CCCNc1ccc(Cl)c(C(=O)NCC(C)(C)C(N)=O)n1. The first-order chi connectivity index (χ1) is 9.77. The third kappa shape index (κ3) is 4.90. The first-order valence-electron chi connectivity index (χ1n) is 6.76. The molecule has 0 aliphatic carbocycles. The molecule has 0 aliphatic heterocycles. The van der Waals surface area contributed by atoms with E-state index < -0.39 is 17.2 Å². The Kier molecular flexibility index (Phi) is 5.96. The van der Waals surface area contributed by atoms with Gasteiger partial charge in [0.05, 0.1) is 10.4 Å². The highest BCUT2D eigenvalue weighted by Crippen LogP contribution is 2.18. The zero-order valence-corrected chi connectivity index (χ0v) is 13.3. The predicted molar refractivity (Wildman–Crippen MR) is 83.3 cm³/mol. The smallest absolute Gasteiger partial charge is 0.271 e. The number of aromatic nitrogens is 1. The van der Waals surface area contributed by atoms with Crippen molar-refractivity contribution >= 4 is 29.2 Å². The lowest BCUT2D eigenvalue weighted by Crippen LogP contribution is -2.42. The molecule has 2 amide bonds. The lowest BCUT2D eigenvalue weighted by Gasteiger charge is -2.20. The molecule has 0 saturated heterocycles. The van der Waals surface area contributed by atoms with Gasteiger partial charge in [-0.25, -0.2) is 4.98 Å². The Morgan fingerprint density at radius 1 is 1.38 bits per heavy atom. The second-order valence-electron chi connectivity index (χ2n) is 5.38. The summed E-state index contributed by atoms with van der Waals surface area (Å²) in [6.07, 6.45) is 0.943. The summed E-state index contributed by atoms with van der Waals surface area (Å²) < 4.78 is 0. The van der Waals surface area contributed by atoms with Crippen molar-refractivity contribution in [3.63, 3.8) is 0 Å². The third-order valence-electron chi connectivity index (χ3n) is 2.98. The van der Waals surface area contributed by atoms with Crippen LogP contribution in [0.5, 0.6) is 0 Å². The number of anilines is 1. The summed E-state index contributed by atoms with van der Waals surface area (Å²) in [6.45, 7) is 6.21. The number of halogens is 1. The van der Waals surface area contributed by atoms with Crippen LogP contribution in [0.15, 0.2) is 12.1 Å². The Morgan fingerprint density at radius 3 is 2.62 bits per heavy atom. The van der Waals surface area contributed by atoms with Crippen molar-refractivity contribution in [2.45, 2.75) is 27.2 Å². The summed E-state index contributed by atoms with van der Waals surface area (Å²) in [5.74, 6) is -0.338. The average molecular weight is 313 g/mol. The van der Waals surface area contributed by atoms with Crippen LogP contribution in [0.25, 0.3) is 0 Å². The number of nitrogens with zero attached hydrogens (tertiary/aromatic N) is 1. The van der Waals surface area contributed by atoms with E-state index in [-0.39, 0.29) is 17.3 Å². The van der Waals surface area contributed by atoms with Crippen LogP contribution in [-0.4, -0.2) is 29.9 Å². The van der Waals surface area contributed by atoms with Crippen LogP contribution in [-0.2, 0) is 4.79 Å². The molecule has 6 nitrogen and oxygen atoms in total. The van der Waals surface area contributed by atoms with E-state index in [4.69, 9.17) is 17.3 Å². The van der Waals surface area contributed by atoms with E-state index in [1.165, 1.54) is 0 Å². The number of carbonyl (C=O) groups excluding carboxylic acids is 2. The van der Waals surface area contributed by atoms with Crippen molar-refractivity contribution in [3.8, 4) is 0 Å². The second kappa shape index (κ2) is 7.26. The number of rotatable bonds is 7. The molecule has 1 aromatic heterocycles. The molecular weight excluding hydrogens is 292 g/mol. The Labute approximate surface area is 129 Å². The van der Waals surface area contributed by atoms with E-state index in [1.54, 1.807) is 26.0 Å². The first-order valence-corrected chi connectivity index (χ1v) is 7.14. The Balaban J connectivity index is 2.79. The van der Waals surface area contributed by atoms with Crippen molar-refractivity contribution < 1.29 is 9.59 Å². The Morgan fingerprint density at radius 2 is 2.05 bits per heavy atom. The molecule has 0 atom stereocenters. The lowest BCUT2D eigenvalue weighted by molar-refractivity contribution is -0.125. The highest BCUT2D eigenvalue weighted by molar-refractivity contribution is 6.33. The second-order valence-corrected chi connectivity index (χ2v) is 5.79. The molecule has 0 fully saturated rings. The van der Waals surface area contributed by atoms with E-state index in [0.717, 1.165) is 13.0 Å². The number of pyridine rings is 1. The summed E-state index contributed by atoms with van der Waals surface area (Å²) in [5.41, 5.74) is 4.55. The number of primary amides is 1. The molecule has 1 heterocycles. The minimum Gasteiger partial charge on any atom is -0.370 e. The van der Waals surface area contributed by atoms with E-state index >= 15 is 0 Å². The number of hydrogen-bond acceptors (Lipinski definition) is 4. The van der Waals surface area contributed by atoms with Gasteiger partial charge in [0.2, 0.25) is 5.91 Å². The van der Waals surface area contributed by atoms with Gasteiger partial charge in [-0.1, -0.05) is 18.5 Å². The monoisotopic (exact) mass is 312 g/mol. The molecule has 21 heavy (non-hydrogen) atoms. The van der Waals surface area contributed by atoms with Crippen molar-refractivity contribution in [1.82, 2.24) is 10.3 Å². The fraction of sp³-hybridized carbons (Fsp3) is 0.500. The van der Waals surface area contributed by atoms with Gasteiger partial charge >= 0.3 is 0 Å². The fourth-order valence-electron chi connectivity index (χ4n) is 1.42.